The van der Waals surface area contributed by atoms with Gasteiger partial charge >= 0.3 is 0 Å². The normalized spacial score (nSPS) is 20.3. The molecule has 1 N–H and O–H groups in total. The van der Waals surface area contributed by atoms with Crippen molar-refractivity contribution in [3.8, 4) is 0 Å². The SMILES string of the molecule is Cc1cc(C)c2nc(N3CCCC(C(=O)NC4CCN(Cc5ccccc5)CC4)C3)sc2c1. The maximum absolute atomic E-state index is 13.1. The standard InChI is InChI=1S/C27H34N4OS/c1-19-15-20(2)25-24(16-19)33-27(29-25)31-12-6-9-22(18-31)26(32)28-23-10-13-30(14-11-23)17-21-7-4-3-5-8-21/h3-5,7-8,15-16,22-23H,6,9-14,17-18H2,1-2H3,(H,28,32). The summed E-state index contributed by atoms with van der Waals surface area (Å²) in [5.41, 5.74) is 4.98. The van der Waals surface area contributed by atoms with Gasteiger partial charge in [0.15, 0.2) is 5.13 Å². The fourth-order valence-electron chi connectivity index (χ4n) is 5.26. The number of carbonyl (C=O) groups is 1. The van der Waals surface area contributed by atoms with Crippen molar-refractivity contribution in [2.24, 2.45) is 5.92 Å². The highest BCUT2D eigenvalue weighted by Gasteiger charge is 2.30. The quantitative estimate of drug-likeness (QED) is 0.585. The van der Waals surface area contributed by atoms with E-state index in [2.05, 4.69) is 71.4 Å². The number of nitrogens with one attached hydrogen (secondary N) is 1. The summed E-state index contributed by atoms with van der Waals surface area (Å²) in [4.78, 5) is 22.9. The summed E-state index contributed by atoms with van der Waals surface area (Å²) >= 11 is 1.76. The molecule has 5 rings (SSSR count). The first-order valence-corrected chi connectivity index (χ1v) is 13.1. The first kappa shape index (κ1) is 22.4. The summed E-state index contributed by atoms with van der Waals surface area (Å²) in [6.07, 6.45) is 4.08. The van der Waals surface area contributed by atoms with Crippen LogP contribution < -0.4 is 10.2 Å². The molecule has 1 unspecified atom stereocenters. The van der Waals surface area contributed by atoms with Crippen molar-refractivity contribution in [2.45, 2.75) is 52.1 Å². The maximum atomic E-state index is 13.1. The number of thiazole rings is 1. The summed E-state index contributed by atoms with van der Waals surface area (Å²) in [5.74, 6) is 0.283. The predicted molar refractivity (Wildman–Crippen MR) is 137 cm³/mol. The van der Waals surface area contributed by atoms with Crippen LogP contribution in [0.3, 0.4) is 0 Å². The molecule has 1 amide bonds. The Labute approximate surface area is 200 Å². The highest BCUT2D eigenvalue weighted by Crippen LogP contribution is 2.33. The van der Waals surface area contributed by atoms with Gasteiger partial charge < -0.3 is 10.2 Å². The lowest BCUT2D eigenvalue weighted by molar-refractivity contribution is -0.126. The van der Waals surface area contributed by atoms with Crippen LogP contribution in [-0.2, 0) is 11.3 Å². The van der Waals surface area contributed by atoms with Crippen LogP contribution in [-0.4, -0.2) is 48.0 Å². The third-order valence-corrected chi connectivity index (χ3v) is 8.13. The van der Waals surface area contributed by atoms with Crippen molar-refractivity contribution in [1.29, 1.82) is 0 Å². The van der Waals surface area contributed by atoms with E-state index in [1.165, 1.54) is 21.4 Å². The smallest absolute Gasteiger partial charge is 0.225 e. The third-order valence-electron chi connectivity index (χ3n) is 7.06. The van der Waals surface area contributed by atoms with E-state index in [-0.39, 0.29) is 11.8 Å². The zero-order valence-corrected chi connectivity index (χ0v) is 20.5. The number of piperidine rings is 2. The molecule has 1 aromatic heterocycles. The van der Waals surface area contributed by atoms with Crippen molar-refractivity contribution >= 4 is 32.6 Å². The van der Waals surface area contributed by atoms with Crippen molar-refractivity contribution in [2.75, 3.05) is 31.1 Å². The number of amides is 1. The zero-order chi connectivity index (χ0) is 22.8. The molecule has 3 heterocycles. The highest BCUT2D eigenvalue weighted by atomic mass is 32.1. The molecule has 33 heavy (non-hydrogen) atoms. The Morgan fingerprint density at radius 1 is 1.09 bits per heavy atom. The fourth-order valence-corrected chi connectivity index (χ4v) is 6.43. The Balaban J connectivity index is 1.15. The second kappa shape index (κ2) is 9.82. The molecule has 6 heteroatoms. The van der Waals surface area contributed by atoms with Crippen LogP contribution in [0.4, 0.5) is 5.13 Å². The first-order valence-electron chi connectivity index (χ1n) is 12.2. The topological polar surface area (TPSA) is 48.5 Å². The van der Waals surface area contributed by atoms with Crippen molar-refractivity contribution < 1.29 is 4.79 Å². The number of aromatic nitrogens is 1. The van der Waals surface area contributed by atoms with Gasteiger partial charge in [-0.05, 0) is 62.3 Å². The van der Waals surface area contributed by atoms with E-state index in [9.17, 15) is 4.79 Å². The molecule has 2 aliphatic heterocycles. The van der Waals surface area contributed by atoms with E-state index < -0.39 is 0 Å². The van der Waals surface area contributed by atoms with Gasteiger partial charge in [-0.25, -0.2) is 4.98 Å². The number of hydrogen-bond acceptors (Lipinski definition) is 5. The molecular formula is C27H34N4OS. The second-order valence-electron chi connectivity index (χ2n) is 9.75. The van der Waals surface area contributed by atoms with Gasteiger partial charge in [-0.3, -0.25) is 9.69 Å². The fraction of sp³-hybridized carbons (Fsp3) is 0.481. The van der Waals surface area contributed by atoms with Gasteiger partial charge in [0.05, 0.1) is 16.1 Å². The van der Waals surface area contributed by atoms with Gasteiger partial charge in [-0.2, -0.15) is 0 Å². The van der Waals surface area contributed by atoms with E-state index in [1.54, 1.807) is 11.3 Å². The molecule has 0 saturated carbocycles. The Morgan fingerprint density at radius 3 is 2.67 bits per heavy atom. The zero-order valence-electron chi connectivity index (χ0n) is 19.7. The lowest BCUT2D eigenvalue weighted by Crippen LogP contribution is -2.49. The molecule has 1 atom stereocenters. The summed E-state index contributed by atoms with van der Waals surface area (Å²) in [6, 6.07) is 15.4. The van der Waals surface area contributed by atoms with Crippen LogP contribution in [0, 0.1) is 19.8 Å². The molecule has 0 bridgehead atoms. The van der Waals surface area contributed by atoms with Gasteiger partial charge in [-0.1, -0.05) is 47.7 Å². The van der Waals surface area contributed by atoms with E-state index in [4.69, 9.17) is 4.98 Å². The van der Waals surface area contributed by atoms with Crippen LogP contribution in [0.25, 0.3) is 10.2 Å². The minimum Gasteiger partial charge on any atom is -0.353 e. The lowest BCUT2D eigenvalue weighted by Gasteiger charge is -2.35. The molecule has 5 nitrogen and oxygen atoms in total. The summed E-state index contributed by atoms with van der Waals surface area (Å²) in [6.45, 7) is 9.12. The van der Waals surface area contributed by atoms with Gasteiger partial charge in [0.1, 0.15) is 0 Å². The minimum absolute atomic E-state index is 0.0518. The average Bonchev–Trinajstić information content (AvgIpc) is 3.26. The number of nitrogens with zero attached hydrogens (tertiary/aromatic N) is 3. The van der Waals surface area contributed by atoms with E-state index in [1.807, 2.05) is 0 Å². The number of fused-ring (bicyclic) bond motifs is 1. The number of benzene rings is 2. The van der Waals surface area contributed by atoms with Crippen molar-refractivity contribution in [1.82, 2.24) is 15.2 Å². The van der Waals surface area contributed by atoms with Crippen LogP contribution in [0.15, 0.2) is 42.5 Å². The molecule has 0 spiro atoms. The Bertz CT molecular complexity index is 1100. The van der Waals surface area contributed by atoms with Crippen LogP contribution in [0.2, 0.25) is 0 Å². The minimum atomic E-state index is 0.0518. The summed E-state index contributed by atoms with van der Waals surface area (Å²) in [5, 5.41) is 4.44. The Kier molecular flexibility index (Phi) is 6.65. The first-order chi connectivity index (χ1) is 16.0. The summed E-state index contributed by atoms with van der Waals surface area (Å²) < 4.78 is 1.25. The van der Waals surface area contributed by atoms with Gasteiger partial charge in [0.2, 0.25) is 5.91 Å². The maximum Gasteiger partial charge on any atom is 0.225 e. The van der Waals surface area contributed by atoms with E-state index in [0.29, 0.717) is 6.04 Å². The third kappa shape index (κ3) is 5.22. The highest BCUT2D eigenvalue weighted by molar-refractivity contribution is 7.22. The number of rotatable bonds is 5. The summed E-state index contributed by atoms with van der Waals surface area (Å²) in [7, 11) is 0. The molecule has 2 aliphatic rings. The van der Waals surface area contributed by atoms with Crippen molar-refractivity contribution in [3.05, 3.63) is 59.2 Å². The van der Waals surface area contributed by atoms with Gasteiger partial charge in [0, 0.05) is 38.8 Å². The monoisotopic (exact) mass is 462 g/mol. The van der Waals surface area contributed by atoms with E-state index >= 15 is 0 Å². The molecule has 0 radical (unpaired) electrons. The molecule has 2 fully saturated rings. The van der Waals surface area contributed by atoms with Gasteiger partial charge in [0.25, 0.3) is 0 Å². The van der Waals surface area contributed by atoms with Crippen LogP contribution >= 0.6 is 11.3 Å². The Hall–Kier alpha value is -2.44. The number of hydrogen-bond donors (Lipinski definition) is 1. The molecule has 174 valence electrons. The average molecular weight is 463 g/mol. The predicted octanol–water partition coefficient (Wildman–Crippen LogP) is 4.91. The lowest BCUT2D eigenvalue weighted by atomic mass is 9.96. The number of likely N-dealkylation sites (tertiary alicyclic amines) is 1. The second-order valence-corrected chi connectivity index (χ2v) is 10.8. The number of anilines is 1. The molecule has 2 saturated heterocycles. The van der Waals surface area contributed by atoms with Crippen LogP contribution in [0.1, 0.15) is 42.4 Å². The molecule has 2 aromatic carbocycles. The molecular weight excluding hydrogens is 428 g/mol. The van der Waals surface area contributed by atoms with Crippen molar-refractivity contribution in [3.63, 3.8) is 0 Å². The number of aryl methyl sites for hydroxylation is 2. The van der Waals surface area contributed by atoms with Gasteiger partial charge in [-0.15, -0.1) is 0 Å². The molecule has 3 aromatic rings. The van der Waals surface area contributed by atoms with E-state index in [0.717, 1.165) is 69.1 Å². The largest absolute Gasteiger partial charge is 0.353 e. The Morgan fingerprint density at radius 2 is 1.88 bits per heavy atom. The number of carbonyl (C=O) groups excluding carboxylic acids is 1. The molecule has 0 aliphatic carbocycles. The van der Waals surface area contributed by atoms with Crippen LogP contribution in [0.5, 0.6) is 0 Å².